The van der Waals surface area contributed by atoms with Gasteiger partial charge in [-0.2, -0.15) is 5.26 Å². The average molecular weight is 311 g/mol. The van der Waals surface area contributed by atoms with Gasteiger partial charge in [0.2, 0.25) is 0 Å². The molecule has 0 aliphatic heterocycles. The van der Waals surface area contributed by atoms with Gasteiger partial charge in [0.15, 0.2) is 0 Å². The van der Waals surface area contributed by atoms with E-state index < -0.39 is 5.97 Å². The minimum Gasteiger partial charge on any atom is -0.477 e. The molecule has 1 aromatic carbocycles. The zero-order valence-electron chi connectivity index (χ0n) is 12.7. The van der Waals surface area contributed by atoms with Crippen LogP contribution in [0.3, 0.4) is 0 Å². The number of carboxylic acid groups (broad SMARTS) is 1. The molecule has 0 aliphatic carbocycles. The maximum absolute atomic E-state index is 11.4. The summed E-state index contributed by atoms with van der Waals surface area (Å²) in [5.74, 6) is -1.01. The first-order valence-corrected chi connectivity index (χ1v) is 7.06. The second kappa shape index (κ2) is 9.74. The number of carboxylic acids is 1. The molecule has 0 spiro atoms. The first-order valence-electron chi connectivity index (χ1n) is 7.06. The van der Waals surface area contributed by atoms with Gasteiger partial charge in [-0.15, -0.1) is 0 Å². The Kier molecular flexibility index (Phi) is 7.59. The molecule has 1 N–H and O–H groups in total. The molecule has 0 saturated heterocycles. The van der Waals surface area contributed by atoms with Gasteiger partial charge in [-0.05, 0) is 30.2 Å². The van der Waals surface area contributed by atoms with E-state index in [1.165, 1.54) is 12.2 Å². The summed E-state index contributed by atoms with van der Waals surface area (Å²) in [5, 5.41) is 17.2. The lowest BCUT2D eigenvalue weighted by molar-refractivity contribution is -0.134. The van der Waals surface area contributed by atoms with Crippen molar-refractivity contribution in [3.05, 3.63) is 59.7 Å². The monoisotopic (exact) mass is 311 g/mol. The number of hydrogen-bond donors (Lipinski definition) is 1. The molecule has 0 heterocycles. The van der Waals surface area contributed by atoms with Crippen LogP contribution in [-0.4, -0.2) is 17.0 Å². The third-order valence-electron chi connectivity index (χ3n) is 2.69. The zero-order valence-corrected chi connectivity index (χ0v) is 12.7. The number of rotatable bonds is 7. The van der Waals surface area contributed by atoms with E-state index in [-0.39, 0.29) is 11.5 Å². The van der Waals surface area contributed by atoms with Gasteiger partial charge in [-0.3, -0.25) is 4.79 Å². The Labute approximate surface area is 134 Å². The molecule has 0 bridgehead atoms. The van der Waals surface area contributed by atoms with Gasteiger partial charge < -0.3 is 9.84 Å². The Balaban J connectivity index is 2.60. The molecular weight excluding hydrogens is 294 g/mol. The van der Waals surface area contributed by atoms with Crippen molar-refractivity contribution < 1.29 is 19.4 Å². The summed E-state index contributed by atoms with van der Waals surface area (Å²) < 4.78 is 5.14. The molecule has 0 amide bonds. The van der Waals surface area contributed by atoms with Gasteiger partial charge in [-0.25, -0.2) is 4.79 Å². The van der Waals surface area contributed by atoms with E-state index in [9.17, 15) is 9.59 Å². The smallest absolute Gasteiger partial charge is 0.346 e. The van der Waals surface area contributed by atoms with Crippen molar-refractivity contribution in [3.8, 4) is 11.8 Å². The number of carbonyl (C=O) groups is 2. The lowest BCUT2D eigenvalue weighted by Gasteiger charge is -2.03. The number of benzene rings is 1. The number of esters is 1. The fraction of sp³-hybridized carbons (Fsp3) is 0.167. The third kappa shape index (κ3) is 6.91. The van der Waals surface area contributed by atoms with Crippen LogP contribution in [0.25, 0.3) is 6.08 Å². The van der Waals surface area contributed by atoms with E-state index >= 15 is 0 Å². The molecule has 5 heteroatoms. The normalized spacial score (nSPS) is 11.6. The van der Waals surface area contributed by atoms with Crippen molar-refractivity contribution in [2.24, 2.45) is 0 Å². The first kappa shape index (κ1) is 17.9. The molecule has 0 unspecified atom stereocenters. The van der Waals surface area contributed by atoms with E-state index in [0.29, 0.717) is 12.2 Å². The van der Waals surface area contributed by atoms with Gasteiger partial charge >= 0.3 is 11.9 Å². The molecule has 0 saturated carbocycles. The highest BCUT2D eigenvalue weighted by atomic mass is 16.5. The predicted molar refractivity (Wildman–Crippen MR) is 86.5 cm³/mol. The molecule has 0 aliphatic rings. The molecule has 118 valence electrons. The van der Waals surface area contributed by atoms with Crippen LogP contribution in [0.15, 0.2) is 54.1 Å². The van der Waals surface area contributed by atoms with E-state index in [2.05, 4.69) is 0 Å². The summed E-state index contributed by atoms with van der Waals surface area (Å²) in [6.07, 6.45) is 8.97. The van der Waals surface area contributed by atoms with E-state index in [0.717, 1.165) is 12.0 Å². The molecule has 5 nitrogen and oxygen atoms in total. The molecule has 1 aromatic rings. The average Bonchev–Trinajstić information content (AvgIpc) is 2.52. The van der Waals surface area contributed by atoms with Crippen LogP contribution in [-0.2, 0) is 9.59 Å². The van der Waals surface area contributed by atoms with Crippen LogP contribution in [0.1, 0.15) is 25.3 Å². The number of carbonyl (C=O) groups excluding carboxylic acids is 1. The summed E-state index contributed by atoms with van der Waals surface area (Å²) in [5.41, 5.74) is 0.570. The van der Waals surface area contributed by atoms with Crippen LogP contribution in [0.4, 0.5) is 0 Å². The minimum absolute atomic E-state index is 0.253. The Bertz CT molecular complexity index is 676. The fourth-order valence-electron chi connectivity index (χ4n) is 1.57. The van der Waals surface area contributed by atoms with Gasteiger partial charge in [0.25, 0.3) is 0 Å². The van der Waals surface area contributed by atoms with Crippen molar-refractivity contribution >= 4 is 18.0 Å². The SMILES string of the molecule is CCCC(=O)Oc1ccc(/C=C/C=C/C=C(\C#N)C(=O)O)cc1. The Morgan fingerprint density at radius 3 is 2.48 bits per heavy atom. The van der Waals surface area contributed by atoms with Crippen molar-refractivity contribution in [1.82, 2.24) is 0 Å². The second-order valence-electron chi connectivity index (χ2n) is 4.53. The molecule has 0 radical (unpaired) electrons. The van der Waals surface area contributed by atoms with Crippen LogP contribution in [0, 0.1) is 11.3 Å². The Morgan fingerprint density at radius 2 is 1.91 bits per heavy atom. The summed E-state index contributed by atoms with van der Waals surface area (Å²) in [7, 11) is 0. The van der Waals surface area contributed by atoms with Gasteiger partial charge in [0.05, 0.1) is 0 Å². The largest absolute Gasteiger partial charge is 0.477 e. The highest BCUT2D eigenvalue weighted by molar-refractivity contribution is 5.91. The highest BCUT2D eigenvalue weighted by Gasteiger charge is 2.03. The number of nitriles is 1. The van der Waals surface area contributed by atoms with Crippen LogP contribution >= 0.6 is 0 Å². The second-order valence-corrected chi connectivity index (χ2v) is 4.53. The van der Waals surface area contributed by atoms with Gasteiger partial charge in [-0.1, -0.05) is 43.4 Å². The number of allylic oxidation sites excluding steroid dienone is 4. The molecule has 1 rings (SSSR count). The molecule has 0 atom stereocenters. The highest BCUT2D eigenvalue weighted by Crippen LogP contribution is 2.14. The van der Waals surface area contributed by atoms with E-state index in [4.69, 9.17) is 15.1 Å². The molecule has 23 heavy (non-hydrogen) atoms. The van der Waals surface area contributed by atoms with Crippen molar-refractivity contribution in [2.45, 2.75) is 19.8 Å². The van der Waals surface area contributed by atoms with Gasteiger partial charge in [0.1, 0.15) is 17.4 Å². The van der Waals surface area contributed by atoms with Crippen LogP contribution in [0.5, 0.6) is 5.75 Å². The van der Waals surface area contributed by atoms with Crippen molar-refractivity contribution in [2.75, 3.05) is 0 Å². The predicted octanol–water partition coefficient (Wildman–Crippen LogP) is 3.50. The van der Waals surface area contributed by atoms with Crippen LogP contribution < -0.4 is 4.74 Å². The quantitative estimate of drug-likeness (QED) is 0.274. The molecule has 0 aromatic heterocycles. The summed E-state index contributed by atoms with van der Waals surface area (Å²) in [6, 6.07) is 8.59. The Morgan fingerprint density at radius 1 is 1.22 bits per heavy atom. The topological polar surface area (TPSA) is 87.4 Å². The van der Waals surface area contributed by atoms with Crippen molar-refractivity contribution in [1.29, 1.82) is 5.26 Å². The van der Waals surface area contributed by atoms with E-state index in [1.54, 1.807) is 48.6 Å². The number of hydrogen-bond acceptors (Lipinski definition) is 4. The Hall–Kier alpha value is -3.13. The number of ether oxygens (including phenoxy) is 1. The van der Waals surface area contributed by atoms with E-state index in [1.807, 2.05) is 6.92 Å². The van der Waals surface area contributed by atoms with Crippen molar-refractivity contribution in [3.63, 3.8) is 0 Å². The minimum atomic E-state index is -1.26. The fourth-order valence-corrected chi connectivity index (χ4v) is 1.57. The van der Waals surface area contributed by atoms with Crippen LogP contribution in [0.2, 0.25) is 0 Å². The number of nitrogens with zero attached hydrogens (tertiary/aromatic N) is 1. The molecular formula is C18H17NO4. The first-order chi connectivity index (χ1) is 11.1. The third-order valence-corrected chi connectivity index (χ3v) is 2.69. The standard InChI is InChI=1S/C18H17NO4/c1-2-6-17(20)23-16-11-9-14(10-12-16)7-4-3-5-8-15(13-19)18(21)22/h3-5,7-12H,2,6H2,1H3,(H,21,22)/b5-3+,7-4+,15-8+. The maximum Gasteiger partial charge on any atom is 0.346 e. The zero-order chi connectivity index (χ0) is 17.1. The summed E-state index contributed by atoms with van der Waals surface area (Å²) in [4.78, 5) is 21.9. The van der Waals surface area contributed by atoms with Gasteiger partial charge in [0, 0.05) is 6.42 Å². The maximum atomic E-state index is 11.4. The number of aliphatic carboxylic acids is 1. The summed E-state index contributed by atoms with van der Waals surface area (Å²) >= 11 is 0. The summed E-state index contributed by atoms with van der Waals surface area (Å²) in [6.45, 7) is 1.91. The lowest BCUT2D eigenvalue weighted by Crippen LogP contribution is -2.06. The lowest BCUT2D eigenvalue weighted by atomic mass is 10.2. The molecule has 0 fully saturated rings.